The molecule has 0 N–H and O–H groups in total. The third-order valence-electron chi connectivity index (χ3n) is 13.5. The molecule has 0 saturated carbocycles. The van der Waals surface area contributed by atoms with Gasteiger partial charge in [0.1, 0.15) is 0 Å². The average molecular weight is 841 g/mol. The molecule has 2 nitrogen and oxygen atoms in total. The van der Waals surface area contributed by atoms with Crippen LogP contribution in [-0.4, -0.2) is 0 Å². The molecule has 0 saturated heterocycles. The van der Waals surface area contributed by atoms with Crippen LogP contribution < -0.4 is 20.2 Å². The summed E-state index contributed by atoms with van der Waals surface area (Å²) in [4.78, 5) is 4.97. The third-order valence-corrected chi connectivity index (χ3v) is 13.5. The van der Waals surface area contributed by atoms with E-state index in [1.54, 1.807) is 0 Å². The molecule has 2 atom stereocenters. The van der Waals surface area contributed by atoms with E-state index < -0.39 is 0 Å². The summed E-state index contributed by atoms with van der Waals surface area (Å²) in [6, 6.07) is 52.2. The van der Waals surface area contributed by atoms with Gasteiger partial charge in [0.05, 0.1) is 11.7 Å². The average Bonchev–Trinajstić information content (AvgIpc) is 3.32. The van der Waals surface area contributed by atoms with Crippen molar-refractivity contribution < 1.29 is 0 Å². The summed E-state index contributed by atoms with van der Waals surface area (Å²) in [6.45, 7) is 20.1. The van der Waals surface area contributed by atoms with Crippen LogP contribution in [0, 0.1) is 40.5 Å². The predicted octanol–water partition coefficient (Wildman–Crippen LogP) is 15.1. The van der Waals surface area contributed by atoms with Crippen molar-refractivity contribution in [2.24, 2.45) is 5.92 Å². The van der Waals surface area contributed by atoms with Gasteiger partial charge in [-0.25, -0.2) is 0 Å². The lowest BCUT2D eigenvalue weighted by atomic mass is 9.70. The normalized spacial score (nSPS) is 16.2. The Bertz CT molecular complexity index is 3120. The van der Waals surface area contributed by atoms with E-state index in [1.807, 2.05) is 6.08 Å². The van der Waals surface area contributed by atoms with Crippen LogP contribution in [0.3, 0.4) is 0 Å². The molecule has 7 aromatic carbocycles. The maximum atomic E-state index is 4.96. The maximum Gasteiger partial charge on any atom is 0.0701 e. The zero-order valence-electron chi connectivity index (χ0n) is 38.3. The summed E-state index contributed by atoms with van der Waals surface area (Å²) in [5.74, 6) is 0.0966. The Morgan fingerprint density at radius 1 is 0.600 bits per heavy atom. The summed E-state index contributed by atoms with van der Waals surface area (Å²) < 4.78 is 0. The van der Waals surface area contributed by atoms with Crippen LogP contribution >= 0.6 is 0 Å². The first-order valence-corrected chi connectivity index (χ1v) is 23.0. The summed E-state index contributed by atoms with van der Waals surface area (Å²) in [6.07, 6.45) is 19.9. The quantitative estimate of drug-likeness (QED) is 0.143. The number of anilines is 5. The van der Waals surface area contributed by atoms with Crippen molar-refractivity contribution in [1.82, 2.24) is 0 Å². The first-order chi connectivity index (χ1) is 31.7. The minimum absolute atomic E-state index is 0.0275. The number of rotatable bonds is 9. The molecule has 0 radical (unpaired) electrons. The second-order valence-corrected chi connectivity index (χ2v) is 18.1. The predicted molar refractivity (Wildman–Crippen MR) is 279 cm³/mol. The van der Waals surface area contributed by atoms with E-state index >= 15 is 0 Å². The molecule has 0 bridgehead atoms. The van der Waals surface area contributed by atoms with E-state index in [9.17, 15) is 0 Å². The van der Waals surface area contributed by atoms with E-state index in [0.29, 0.717) is 0 Å². The Balaban J connectivity index is 1.19. The lowest BCUT2D eigenvalue weighted by Crippen LogP contribution is -2.34. The Morgan fingerprint density at radius 3 is 1.77 bits per heavy atom. The molecule has 0 aliphatic heterocycles. The molecule has 65 heavy (non-hydrogen) atoms. The monoisotopic (exact) mass is 840 g/mol. The van der Waals surface area contributed by atoms with E-state index in [4.69, 9.17) is 6.58 Å². The van der Waals surface area contributed by atoms with Gasteiger partial charge >= 0.3 is 0 Å². The number of benzene rings is 7. The minimum atomic E-state index is 0.0275. The van der Waals surface area contributed by atoms with Gasteiger partial charge in [-0.1, -0.05) is 169 Å². The largest absolute Gasteiger partial charge is 0.333 e. The highest BCUT2D eigenvalue weighted by Crippen LogP contribution is 2.52. The summed E-state index contributed by atoms with van der Waals surface area (Å²) in [7, 11) is 0. The first kappa shape index (κ1) is 41.6. The second-order valence-electron chi connectivity index (χ2n) is 18.1. The third kappa shape index (κ3) is 7.64. The van der Waals surface area contributed by atoms with Crippen molar-refractivity contribution in [3.05, 3.63) is 254 Å². The molecule has 3 aliphatic rings. The van der Waals surface area contributed by atoms with Gasteiger partial charge in [-0.2, -0.15) is 0 Å². The zero-order valence-corrected chi connectivity index (χ0v) is 38.3. The molecule has 7 aromatic rings. The van der Waals surface area contributed by atoms with Gasteiger partial charge in [0.25, 0.3) is 0 Å². The molecule has 10 rings (SSSR count). The Labute approximate surface area is 385 Å². The standard InChI is InChI=1S/C63H56N2/c1-8-15-53-46(7)62(64(49-30-22-41(2)23-31-49)50-32-24-42(3)25-33-50)57-19-12-9-16-54(57)60(53)47-38-45(6)39-48(40-47)61-55-17-10-13-20-58(55)63(59-21-14-11-18-56(59)61)65(51-34-26-43(4)27-35-51)52-36-28-44(5)29-37-52/h8,10-15,17-40,58,63H,1,7,9,16H2,2-6H3/b53-15+. The SMILES string of the molecule is C=C/C=c1/c(-c2cc(C)cc(C3=C4C=CC=CC4C(N(c4ccc(C)cc4)c4ccc(C)cc4)c4ccccc43)c2)c2c(c(N(c3ccc(C)cc3)c3ccc(C)cc3)c1=C)C=CCC2. The fourth-order valence-electron chi connectivity index (χ4n) is 10.4. The van der Waals surface area contributed by atoms with Gasteiger partial charge in [-0.05, 0) is 163 Å². The molecular formula is C63H56N2. The van der Waals surface area contributed by atoms with Crippen LogP contribution in [0.4, 0.5) is 28.4 Å². The van der Waals surface area contributed by atoms with Crippen LogP contribution in [0.25, 0.3) is 35.4 Å². The highest BCUT2D eigenvalue weighted by molar-refractivity contribution is 5.93. The molecule has 0 amide bonds. The fourth-order valence-corrected chi connectivity index (χ4v) is 10.4. The van der Waals surface area contributed by atoms with E-state index in [0.717, 1.165) is 40.3 Å². The Morgan fingerprint density at radius 2 is 1.17 bits per heavy atom. The van der Waals surface area contributed by atoms with Gasteiger partial charge in [0.2, 0.25) is 0 Å². The molecule has 0 heterocycles. The van der Waals surface area contributed by atoms with Gasteiger partial charge in [-0.3, -0.25) is 0 Å². The molecule has 0 spiro atoms. The number of fused-ring (bicyclic) bond motifs is 3. The van der Waals surface area contributed by atoms with Gasteiger partial charge in [0.15, 0.2) is 0 Å². The summed E-state index contributed by atoms with van der Waals surface area (Å²) in [5.41, 5.74) is 23.3. The summed E-state index contributed by atoms with van der Waals surface area (Å²) in [5, 5.41) is 2.09. The van der Waals surface area contributed by atoms with Crippen LogP contribution in [0.2, 0.25) is 0 Å². The van der Waals surface area contributed by atoms with Gasteiger partial charge in [0, 0.05) is 34.2 Å². The van der Waals surface area contributed by atoms with Crippen LogP contribution in [0.5, 0.6) is 0 Å². The number of aryl methyl sites for hydroxylation is 5. The van der Waals surface area contributed by atoms with Crippen molar-refractivity contribution in [2.45, 2.75) is 53.5 Å². The Kier molecular flexibility index (Phi) is 11.1. The lowest BCUT2D eigenvalue weighted by Gasteiger charge is -2.44. The number of allylic oxidation sites excluding steroid dienone is 5. The second kappa shape index (κ2) is 17.3. The summed E-state index contributed by atoms with van der Waals surface area (Å²) >= 11 is 0. The lowest BCUT2D eigenvalue weighted by molar-refractivity contribution is 0.573. The molecular weight excluding hydrogens is 785 g/mol. The highest BCUT2D eigenvalue weighted by Gasteiger charge is 2.39. The van der Waals surface area contributed by atoms with E-state index in [2.05, 4.69) is 233 Å². The molecule has 318 valence electrons. The molecule has 0 fully saturated rings. The van der Waals surface area contributed by atoms with Crippen LogP contribution in [0.1, 0.15) is 68.1 Å². The van der Waals surface area contributed by atoms with Crippen LogP contribution in [0.15, 0.2) is 188 Å². The molecule has 2 unspecified atom stereocenters. The van der Waals surface area contributed by atoms with Crippen molar-refractivity contribution in [2.75, 3.05) is 9.80 Å². The molecule has 0 aromatic heterocycles. The number of hydrogen-bond acceptors (Lipinski definition) is 2. The van der Waals surface area contributed by atoms with Crippen molar-refractivity contribution >= 4 is 52.7 Å². The van der Waals surface area contributed by atoms with E-state index in [1.165, 1.54) is 89.3 Å². The smallest absolute Gasteiger partial charge is 0.0701 e. The van der Waals surface area contributed by atoms with Gasteiger partial charge in [-0.15, -0.1) is 0 Å². The van der Waals surface area contributed by atoms with Crippen molar-refractivity contribution in [3.63, 3.8) is 0 Å². The first-order valence-electron chi connectivity index (χ1n) is 23.0. The van der Waals surface area contributed by atoms with Crippen LogP contribution in [-0.2, 0) is 6.42 Å². The number of hydrogen-bond donors (Lipinski definition) is 0. The molecule has 2 heteroatoms. The number of nitrogens with zero attached hydrogens (tertiary/aromatic N) is 2. The van der Waals surface area contributed by atoms with Crippen molar-refractivity contribution in [1.29, 1.82) is 0 Å². The van der Waals surface area contributed by atoms with Gasteiger partial charge < -0.3 is 9.80 Å². The topological polar surface area (TPSA) is 6.48 Å². The zero-order chi connectivity index (χ0) is 44.8. The van der Waals surface area contributed by atoms with Crippen molar-refractivity contribution in [3.8, 4) is 11.1 Å². The minimum Gasteiger partial charge on any atom is -0.333 e. The van der Waals surface area contributed by atoms with E-state index in [-0.39, 0.29) is 12.0 Å². The highest BCUT2D eigenvalue weighted by atomic mass is 15.2. The molecule has 3 aliphatic carbocycles. The fraction of sp³-hybridized carbons (Fsp3) is 0.143. The maximum absolute atomic E-state index is 4.96. The Hall–Kier alpha value is -7.42.